The van der Waals surface area contributed by atoms with Gasteiger partial charge in [-0.15, -0.1) is 0 Å². The lowest BCUT2D eigenvalue weighted by Crippen LogP contribution is -2.28. The Labute approximate surface area is 114 Å². The molecule has 108 valence electrons. The topological polar surface area (TPSA) is 75.4 Å². The Morgan fingerprint density at radius 1 is 1.53 bits per heavy atom. The molecular formula is C12H21N3O3S. The first-order valence-electron chi connectivity index (χ1n) is 6.71. The van der Waals surface area contributed by atoms with E-state index in [-0.39, 0.29) is 11.5 Å². The van der Waals surface area contributed by atoms with E-state index in [1.807, 2.05) is 0 Å². The van der Waals surface area contributed by atoms with Gasteiger partial charge in [0.25, 0.3) is 0 Å². The first-order valence-corrected chi connectivity index (χ1v) is 8.15. The highest BCUT2D eigenvalue weighted by Gasteiger charge is 2.32. The number of aromatic nitrogens is 2. The molecule has 1 fully saturated rings. The van der Waals surface area contributed by atoms with E-state index in [1.165, 1.54) is 6.20 Å². The summed E-state index contributed by atoms with van der Waals surface area (Å²) >= 11 is 0. The van der Waals surface area contributed by atoms with Crippen LogP contribution in [0.1, 0.15) is 26.2 Å². The van der Waals surface area contributed by atoms with Gasteiger partial charge in [0.1, 0.15) is 4.90 Å². The van der Waals surface area contributed by atoms with Crippen LogP contribution < -0.4 is 0 Å². The smallest absolute Gasteiger partial charge is 0.246 e. The third-order valence-electron chi connectivity index (χ3n) is 3.62. The number of aryl methyl sites for hydroxylation is 1. The summed E-state index contributed by atoms with van der Waals surface area (Å²) in [5.41, 5.74) is 0. The van der Waals surface area contributed by atoms with Crippen molar-refractivity contribution in [2.75, 3.05) is 19.7 Å². The van der Waals surface area contributed by atoms with E-state index in [0.29, 0.717) is 32.0 Å². The molecule has 6 nitrogen and oxygen atoms in total. The molecule has 19 heavy (non-hydrogen) atoms. The summed E-state index contributed by atoms with van der Waals surface area (Å²) < 4.78 is 27.9. The van der Waals surface area contributed by atoms with Crippen molar-refractivity contribution in [3.05, 3.63) is 12.4 Å². The zero-order valence-corrected chi connectivity index (χ0v) is 12.0. The van der Waals surface area contributed by atoms with Crippen molar-refractivity contribution in [3.8, 4) is 0 Å². The molecule has 1 aromatic rings. The Kier molecular flexibility index (Phi) is 4.59. The van der Waals surface area contributed by atoms with E-state index in [2.05, 4.69) is 12.0 Å². The molecule has 1 aromatic heterocycles. The standard InChI is InChI=1S/C12H21N3O3S/c1-2-11-4-6-15(9-11)19(17,18)12-8-13-14(10-12)5-3-7-16/h8,10-11,16H,2-7,9H2,1H3. The molecule has 1 saturated heterocycles. The summed E-state index contributed by atoms with van der Waals surface area (Å²) in [5, 5.41) is 12.8. The van der Waals surface area contributed by atoms with Crippen LogP contribution >= 0.6 is 0 Å². The minimum absolute atomic E-state index is 0.0756. The van der Waals surface area contributed by atoms with Crippen LogP contribution in [0.2, 0.25) is 0 Å². The molecule has 0 bridgehead atoms. The summed E-state index contributed by atoms with van der Waals surface area (Å²) in [6.45, 7) is 3.91. The quantitative estimate of drug-likeness (QED) is 0.835. The molecule has 2 heterocycles. The number of hydrogen-bond donors (Lipinski definition) is 1. The fraction of sp³-hybridized carbons (Fsp3) is 0.750. The first kappa shape index (κ1) is 14.5. The van der Waals surface area contributed by atoms with Crippen molar-refractivity contribution in [3.63, 3.8) is 0 Å². The largest absolute Gasteiger partial charge is 0.396 e. The molecule has 7 heteroatoms. The van der Waals surface area contributed by atoms with Crippen molar-refractivity contribution in [2.45, 2.75) is 37.6 Å². The fourth-order valence-corrected chi connectivity index (χ4v) is 3.82. The zero-order chi connectivity index (χ0) is 13.9. The fourth-order valence-electron chi connectivity index (χ4n) is 2.33. The Morgan fingerprint density at radius 3 is 2.95 bits per heavy atom. The van der Waals surface area contributed by atoms with Gasteiger partial charge in [0, 0.05) is 32.4 Å². The maximum atomic E-state index is 12.4. The van der Waals surface area contributed by atoms with E-state index >= 15 is 0 Å². The minimum atomic E-state index is -3.40. The van der Waals surface area contributed by atoms with Crippen molar-refractivity contribution in [2.24, 2.45) is 5.92 Å². The minimum Gasteiger partial charge on any atom is -0.396 e. The maximum Gasteiger partial charge on any atom is 0.246 e. The number of nitrogens with zero attached hydrogens (tertiary/aromatic N) is 3. The summed E-state index contributed by atoms with van der Waals surface area (Å²) in [6.07, 6.45) is 5.47. The predicted molar refractivity (Wildman–Crippen MR) is 71.1 cm³/mol. The zero-order valence-electron chi connectivity index (χ0n) is 11.2. The van der Waals surface area contributed by atoms with E-state index in [4.69, 9.17) is 5.11 Å². The van der Waals surface area contributed by atoms with E-state index < -0.39 is 10.0 Å². The van der Waals surface area contributed by atoms with Gasteiger partial charge in [0.2, 0.25) is 10.0 Å². The van der Waals surface area contributed by atoms with Crippen LogP contribution in [0, 0.1) is 5.92 Å². The van der Waals surface area contributed by atoms with Crippen LogP contribution in [0.4, 0.5) is 0 Å². The molecule has 2 rings (SSSR count). The van der Waals surface area contributed by atoms with Gasteiger partial charge in [-0.1, -0.05) is 13.3 Å². The van der Waals surface area contributed by atoms with Crippen LogP contribution in [0.5, 0.6) is 0 Å². The van der Waals surface area contributed by atoms with Gasteiger partial charge in [-0.2, -0.15) is 9.40 Å². The average molecular weight is 287 g/mol. The molecule has 0 amide bonds. The van der Waals surface area contributed by atoms with E-state index in [0.717, 1.165) is 12.8 Å². The number of sulfonamides is 1. The molecule has 0 radical (unpaired) electrons. The molecule has 0 spiro atoms. The lowest BCUT2D eigenvalue weighted by molar-refractivity contribution is 0.277. The van der Waals surface area contributed by atoms with Crippen LogP contribution in [-0.4, -0.2) is 47.3 Å². The number of aliphatic hydroxyl groups excluding tert-OH is 1. The summed E-state index contributed by atoms with van der Waals surface area (Å²) in [5.74, 6) is 0.471. The second-order valence-electron chi connectivity index (χ2n) is 4.94. The van der Waals surface area contributed by atoms with Gasteiger partial charge in [-0.3, -0.25) is 4.68 Å². The highest BCUT2D eigenvalue weighted by atomic mass is 32.2. The van der Waals surface area contributed by atoms with Crippen molar-refractivity contribution < 1.29 is 13.5 Å². The summed E-state index contributed by atoms with van der Waals surface area (Å²) in [7, 11) is -3.40. The maximum absolute atomic E-state index is 12.4. The molecule has 1 unspecified atom stereocenters. The van der Waals surface area contributed by atoms with Gasteiger partial charge in [-0.05, 0) is 18.8 Å². The Balaban J connectivity index is 2.09. The lowest BCUT2D eigenvalue weighted by atomic mass is 10.1. The van der Waals surface area contributed by atoms with Crippen molar-refractivity contribution in [1.29, 1.82) is 0 Å². The van der Waals surface area contributed by atoms with Crippen LogP contribution in [0.3, 0.4) is 0 Å². The van der Waals surface area contributed by atoms with Gasteiger partial charge in [0.15, 0.2) is 0 Å². The van der Waals surface area contributed by atoms with Gasteiger partial charge < -0.3 is 5.11 Å². The second-order valence-corrected chi connectivity index (χ2v) is 6.88. The molecule has 1 N–H and O–H groups in total. The SMILES string of the molecule is CCC1CCN(S(=O)(=O)c2cnn(CCCO)c2)C1. The number of hydrogen-bond acceptors (Lipinski definition) is 4. The Hall–Kier alpha value is -0.920. The first-order chi connectivity index (χ1) is 9.07. The highest BCUT2D eigenvalue weighted by Crippen LogP contribution is 2.25. The molecule has 0 aliphatic carbocycles. The highest BCUT2D eigenvalue weighted by molar-refractivity contribution is 7.89. The monoisotopic (exact) mass is 287 g/mol. The Morgan fingerprint density at radius 2 is 2.32 bits per heavy atom. The molecule has 1 aliphatic heterocycles. The molecule has 1 aliphatic rings. The Bertz CT molecular complexity index is 512. The third-order valence-corrected chi connectivity index (χ3v) is 5.44. The van der Waals surface area contributed by atoms with E-state index in [1.54, 1.807) is 15.2 Å². The molecular weight excluding hydrogens is 266 g/mol. The van der Waals surface area contributed by atoms with Gasteiger partial charge in [0.05, 0.1) is 6.20 Å². The predicted octanol–water partition coefficient (Wildman–Crippen LogP) is 0.686. The molecule has 1 atom stereocenters. The van der Waals surface area contributed by atoms with Gasteiger partial charge in [-0.25, -0.2) is 8.42 Å². The lowest BCUT2D eigenvalue weighted by Gasteiger charge is -2.14. The number of rotatable bonds is 6. The average Bonchev–Trinajstić information content (AvgIpc) is 3.05. The normalized spacial score (nSPS) is 21.1. The number of aliphatic hydroxyl groups is 1. The van der Waals surface area contributed by atoms with Crippen LogP contribution in [0.15, 0.2) is 17.3 Å². The third kappa shape index (κ3) is 3.16. The van der Waals surface area contributed by atoms with Gasteiger partial charge >= 0.3 is 0 Å². The van der Waals surface area contributed by atoms with E-state index in [9.17, 15) is 8.42 Å². The second kappa shape index (κ2) is 6.02. The summed E-state index contributed by atoms with van der Waals surface area (Å²) in [4.78, 5) is 0.252. The molecule has 0 saturated carbocycles. The van der Waals surface area contributed by atoms with Crippen LogP contribution in [0.25, 0.3) is 0 Å². The van der Waals surface area contributed by atoms with Crippen molar-refractivity contribution in [1.82, 2.24) is 14.1 Å². The molecule has 0 aromatic carbocycles. The summed E-state index contributed by atoms with van der Waals surface area (Å²) in [6, 6.07) is 0. The van der Waals surface area contributed by atoms with Crippen molar-refractivity contribution >= 4 is 10.0 Å². The van der Waals surface area contributed by atoms with Crippen LogP contribution in [-0.2, 0) is 16.6 Å².